The molecule has 0 N–H and O–H groups in total. The first kappa shape index (κ1) is 23.6. The van der Waals surface area contributed by atoms with Crippen molar-refractivity contribution in [2.75, 3.05) is 0 Å². The molecule has 1 aromatic carbocycles. The van der Waals surface area contributed by atoms with E-state index in [0.29, 0.717) is 5.92 Å². The van der Waals surface area contributed by atoms with E-state index in [9.17, 15) is 13.2 Å². The van der Waals surface area contributed by atoms with E-state index in [1.54, 1.807) is 12.1 Å². The van der Waals surface area contributed by atoms with Crippen molar-refractivity contribution in [2.24, 2.45) is 17.8 Å². The Balaban J connectivity index is 1.29. The standard InChI is InChI=1S/C27H34F3N/c28-25(19-31)5-3-1-2-4-20-6-8-21(9-7-20)10-11-22-12-14-23(15-13-22)24-16-17-26(29)27(30)18-24/h1,3,5,16-18,20-23H,2,4,6-15H2/b3-1+,25-5-. The Morgan fingerprint density at radius 1 is 0.871 bits per heavy atom. The molecule has 4 heteroatoms. The monoisotopic (exact) mass is 429 g/mol. The molecule has 2 fully saturated rings. The highest BCUT2D eigenvalue weighted by atomic mass is 19.2. The Kier molecular flexibility index (Phi) is 9.25. The smallest absolute Gasteiger partial charge is 0.199 e. The quantitative estimate of drug-likeness (QED) is 0.300. The van der Waals surface area contributed by atoms with Crippen LogP contribution in [0.25, 0.3) is 0 Å². The zero-order valence-electron chi connectivity index (χ0n) is 18.3. The van der Waals surface area contributed by atoms with Crippen LogP contribution in [0.4, 0.5) is 13.2 Å². The van der Waals surface area contributed by atoms with Gasteiger partial charge in [0.15, 0.2) is 17.5 Å². The fourth-order valence-corrected chi connectivity index (χ4v) is 5.45. The molecule has 0 aromatic heterocycles. The number of nitriles is 1. The van der Waals surface area contributed by atoms with Crippen molar-refractivity contribution in [2.45, 2.75) is 83.0 Å². The highest BCUT2D eigenvalue weighted by molar-refractivity contribution is 5.22. The molecule has 0 saturated heterocycles. The predicted octanol–water partition coefficient (Wildman–Crippen LogP) is 8.54. The normalized spacial score (nSPS) is 27.4. The van der Waals surface area contributed by atoms with Gasteiger partial charge in [0.1, 0.15) is 6.07 Å². The van der Waals surface area contributed by atoms with Gasteiger partial charge in [0.05, 0.1) is 0 Å². The highest BCUT2D eigenvalue weighted by Crippen LogP contribution is 2.40. The van der Waals surface area contributed by atoms with E-state index in [4.69, 9.17) is 5.26 Å². The minimum atomic E-state index is -0.758. The van der Waals surface area contributed by atoms with Gasteiger partial charge in [0.2, 0.25) is 0 Å². The summed E-state index contributed by atoms with van der Waals surface area (Å²) in [6.07, 6.45) is 19.4. The van der Waals surface area contributed by atoms with Crippen LogP contribution in [-0.4, -0.2) is 0 Å². The molecule has 0 radical (unpaired) electrons. The van der Waals surface area contributed by atoms with Gasteiger partial charge in [-0.25, -0.2) is 8.78 Å². The molecule has 0 bridgehead atoms. The second-order valence-corrected chi connectivity index (χ2v) is 9.49. The Morgan fingerprint density at radius 2 is 1.45 bits per heavy atom. The summed E-state index contributed by atoms with van der Waals surface area (Å²) in [4.78, 5) is 0. The highest BCUT2D eigenvalue weighted by Gasteiger charge is 2.25. The lowest BCUT2D eigenvalue weighted by Crippen LogP contribution is -2.18. The van der Waals surface area contributed by atoms with Gasteiger partial charge in [0, 0.05) is 0 Å². The molecule has 0 amide bonds. The average molecular weight is 430 g/mol. The summed E-state index contributed by atoms with van der Waals surface area (Å²) >= 11 is 0. The lowest BCUT2D eigenvalue weighted by molar-refractivity contribution is 0.225. The third kappa shape index (κ3) is 7.56. The molecular weight excluding hydrogens is 395 g/mol. The van der Waals surface area contributed by atoms with E-state index < -0.39 is 17.5 Å². The molecule has 0 atom stereocenters. The van der Waals surface area contributed by atoms with Crippen molar-refractivity contribution in [3.8, 4) is 6.07 Å². The molecule has 0 spiro atoms. The van der Waals surface area contributed by atoms with E-state index in [-0.39, 0.29) is 0 Å². The van der Waals surface area contributed by atoms with E-state index in [0.717, 1.165) is 49.0 Å². The van der Waals surface area contributed by atoms with Crippen molar-refractivity contribution in [3.63, 3.8) is 0 Å². The molecule has 168 valence electrons. The van der Waals surface area contributed by atoms with E-state index in [1.807, 2.05) is 6.08 Å². The molecule has 2 aliphatic carbocycles. The SMILES string of the molecule is N#C/C(F)=C/C=C/CCC1CCC(CCC2CCC(c3ccc(F)c(F)c3)CC2)CC1. The van der Waals surface area contributed by atoms with Gasteiger partial charge >= 0.3 is 0 Å². The lowest BCUT2D eigenvalue weighted by atomic mass is 9.74. The molecule has 1 nitrogen and oxygen atoms in total. The van der Waals surface area contributed by atoms with Gasteiger partial charge in [-0.3, -0.25) is 0 Å². The van der Waals surface area contributed by atoms with Gasteiger partial charge in [-0.2, -0.15) is 9.65 Å². The molecule has 0 unspecified atom stereocenters. The van der Waals surface area contributed by atoms with Crippen molar-refractivity contribution in [1.29, 1.82) is 5.26 Å². The Bertz CT molecular complexity index is 791. The molecule has 3 rings (SSSR count). The number of nitrogens with zero attached hydrogens (tertiary/aromatic N) is 1. The Labute approximate surface area is 185 Å². The summed E-state index contributed by atoms with van der Waals surface area (Å²) < 4.78 is 39.4. The maximum absolute atomic E-state index is 13.5. The van der Waals surface area contributed by atoms with Crippen molar-refractivity contribution >= 4 is 0 Å². The lowest BCUT2D eigenvalue weighted by Gasteiger charge is -2.32. The fourth-order valence-electron chi connectivity index (χ4n) is 5.45. The first-order valence-corrected chi connectivity index (χ1v) is 11.9. The summed E-state index contributed by atoms with van der Waals surface area (Å²) in [5, 5.41) is 8.37. The molecule has 2 aliphatic rings. The molecule has 31 heavy (non-hydrogen) atoms. The van der Waals surface area contributed by atoms with E-state index in [2.05, 4.69) is 0 Å². The van der Waals surface area contributed by atoms with Crippen LogP contribution in [0.3, 0.4) is 0 Å². The third-order valence-electron chi connectivity index (χ3n) is 7.44. The van der Waals surface area contributed by atoms with Crippen LogP contribution in [0.5, 0.6) is 0 Å². The summed E-state index contributed by atoms with van der Waals surface area (Å²) in [6, 6.07) is 5.87. The largest absolute Gasteiger partial charge is 0.204 e. The fraction of sp³-hybridized carbons (Fsp3) is 0.593. The van der Waals surface area contributed by atoms with Gasteiger partial charge < -0.3 is 0 Å². The summed E-state index contributed by atoms with van der Waals surface area (Å²) in [7, 11) is 0. The van der Waals surface area contributed by atoms with E-state index in [1.165, 1.54) is 75.6 Å². The van der Waals surface area contributed by atoms with E-state index >= 15 is 0 Å². The second-order valence-electron chi connectivity index (χ2n) is 9.49. The Morgan fingerprint density at radius 3 is 2.03 bits per heavy atom. The van der Waals surface area contributed by atoms with Crippen LogP contribution in [0, 0.1) is 40.7 Å². The average Bonchev–Trinajstić information content (AvgIpc) is 2.80. The zero-order valence-corrected chi connectivity index (χ0v) is 18.3. The maximum Gasteiger partial charge on any atom is 0.199 e. The van der Waals surface area contributed by atoms with Crippen LogP contribution in [-0.2, 0) is 0 Å². The maximum atomic E-state index is 13.5. The first-order chi connectivity index (χ1) is 15.0. The molecule has 1 aromatic rings. The summed E-state index contributed by atoms with van der Waals surface area (Å²) in [5.41, 5.74) is 0.955. The van der Waals surface area contributed by atoms with Crippen LogP contribution < -0.4 is 0 Å². The number of benzene rings is 1. The summed E-state index contributed by atoms with van der Waals surface area (Å²) in [6.45, 7) is 0. The molecule has 0 heterocycles. The topological polar surface area (TPSA) is 23.8 Å². The Hall–Kier alpha value is -2.02. The van der Waals surface area contributed by atoms with Gasteiger partial charge in [0.25, 0.3) is 0 Å². The predicted molar refractivity (Wildman–Crippen MR) is 119 cm³/mol. The first-order valence-electron chi connectivity index (χ1n) is 11.9. The number of hydrogen-bond donors (Lipinski definition) is 0. The number of hydrogen-bond acceptors (Lipinski definition) is 1. The van der Waals surface area contributed by atoms with Gasteiger partial charge in [-0.15, -0.1) is 0 Å². The number of allylic oxidation sites excluding steroid dienone is 4. The minimum Gasteiger partial charge on any atom is -0.204 e. The zero-order chi connectivity index (χ0) is 22.1. The molecule has 2 saturated carbocycles. The summed E-state index contributed by atoms with van der Waals surface area (Å²) in [5.74, 6) is 0.562. The van der Waals surface area contributed by atoms with Gasteiger partial charge in [-0.05, 0) is 86.0 Å². The van der Waals surface area contributed by atoms with Crippen LogP contribution in [0.2, 0.25) is 0 Å². The van der Waals surface area contributed by atoms with Crippen LogP contribution >= 0.6 is 0 Å². The molecule has 0 aliphatic heterocycles. The van der Waals surface area contributed by atoms with Crippen molar-refractivity contribution < 1.29 is 13.2 Å². The van der Waals surface area contributed by atoms with Crippen molar-refractivity contribution in [3.05, 3.63) is 59.5 Å². The van der Waals surface area contributed by atoms with Gasteiger partial charge in [-0.1, -0.05) is 56.7 Å². The number of rotatable bonds is 8. The van der Waals surface area contributed by atoms with Crippen LogP contribution in [0.1, 0.15) is 88.5 Å². The number of halogens is 3. The second kappa shape index (κ2) is 12.1. The van der Waals surface area contributed by atoms with Crippen molar-refractivity contribution in [1.82, 2.24) is 0 Å². The van der Waals surface area contributed by atoms with Crippen LogP contribution in [0.15, 0.2) is 42.3 Å². The molecular formula is C27H34F3N. The minimum absolute atomic E-state index is 0.378. The third-order valence-corrected chi connectivity index (χ3v) is 7.44.